The van der Waals surface area contributed by atoms with E-state index < -0.39 is 17.6 Å². The van der Waals surface area contributed by atoms with Gasteiger partial charge in [0.25, 0.3) is 0 Å². The molecule has 0 saturated carbocycles. The summed E-state index contributed by atoms with van der Waals surface area (Å²) in [5.74, 6) is -2.10. The van der Waals surface area contributed by atoms with Crippen molar-refractivity contribution in [2.45, 2.75) is 19.0 Å². The standard InChI is InChI=1S/C12H11F2N3O2S/c1-6-3-9(14)10(4-8(6)13)17-7(2)15-16-12(17)20-5-11(18)19/h3-4H,5H2,1-2H3,(H,18,19). The molecule has 0 spiro atoms. The van der Waals surface area contributed by atoms with Crippen molar-refractivity contribution >= 4 is 17.7 Å². The molecule has 0 saturated heterocycles. The Kier molecular flexibility index (Phi) is 4.03. The molecule has 0 amide bonds. The van der Waals surface area contributed by atoms with Crippen LogP contribution in [0.1, 0.15) is 11.4 Å². The molecule has 1 N–H and O–H groups in total. The molecule has 0 bridgehead atoms. The highest BCUT2D eigenvalue weighted by Gasteiger charge is 2.17. The van der Waals surface area contributed by atoms with Crippen LogP contribution in [-0.4, -0.2) is 31.6 Å². The first-order valence-corrected chi connectivity index (χ1v) is 6.61. The lowest BCUT2D eigenvalue weighted by Crippen LogP contribution is -2.06. The average Bonchev–Trinajstić information content (AvgIpc) is 2.73. The van der Waals surface area contributed by atoms with E-state index in [-0.39, 0.29) is 22.2 Å². The normalized spacial score (nSPS) is 10.8. The summed E-state index contributed by atoms with van der Waals surface area (Å²) in [5, 5.41) is 16.4. The summed E-state index contributed by atoms with van der Waals surface area (Å²) in [4.78, 5) is 10.6. The Bertz CT molecular complexity index is 673. The van der Waals surface area contributed by atoms with Crippen LogP contribution in [-0.2, 0) is 4.79 Å². The van der Waals surface area contributed by atoms with Crippen molar-refractivity contribution in [3.05, 3.63) is 35.2 Å². The molecule has 20 heavy (non-hydrogen) atoms. The smallest absolute Gasteiger partial charge is 0.313 e. The van der Waals surface area contributed by atoms with Crippen LogP contribution in [0.15, 0.2) is 17.3 Å². The molecule has 5 nitrogen and oxygen atoms in total. The Balaban J connectivity index is 2.49. The highest BCUT2D eigenvalue weighted by molar-refractivity contribution is 7.99. The van der Waals surface area contributed by atoms with Crippen LogP contribution in [0.2, 0.25) is 0 Å². The van der Waals surface area contributed by atoms with Crippen molar-refractivity contribution in [1.82, 2.24) is 14.8 Å². The van der Waals surface area contributed by atoms with Crippen LogP contribution < -0.4 is 0 Å². The molecule has 8 heteroatoms. The minimum Gasteiger partial charge on any atom is -0.481 e. The van der Waals surface area contributed by atoms with Gasteiger partial charge in [0, 0.05) is 6.07 Å². The van der Waals surface area contributed by atoms with Gasteiger partial charge in [-0.3, -0.25) is 9.36 Å². The fourth-order valence-electron chi connectivity index (χ4n) is 1.65. The van der Waals surface area contributed by atoms with Gasteiger partial charge in [-0.25, -0.2) is 8.78 Å². The molecule has 1 aromatic carbocycles. The maximum absolute atomic E-state index is 14.0. The van der Waals surface area contributed by atoms with E-state index in [1.54, 1.807) is 6.92 Å². The number of aromatic nitrogens is 3. The molecule has 2 aromatic rings. The van der Waals surface area contributed by atoms with Crippen LogP contribution in [0.4, 0.5) is 8.78 Å². The zero-order chi connectivity index (χ0) is 14.9. The third kappa shape index (κ3) is 2.79. The van der Waals surface area contributed by atoms with Gasteiger partial charge in [0.15, 0.2) is 5.16 Å². The lowest BCUT2D eigenvalue weighted by molar-refractivity contribution is -0.133. The summed E-state index contributed by atoms with van der Waals surface area (Å²) < 4.78 is 28.9. The Morgan fingerprint density at radius 1 is 1.30 bits per heavy atom. The second kappa shape index (κ2) is 5.58. The Labute approximate surface area is 117 Å². The predicted octanol–water partition coefficient (Wildman–Crippen LogP) is 2.34. The predicted molar refractivity (Wildman–Crippen MR) is 69.1 cm³/mol. The molecule has 0 radical (unpaired) electrons. The Morgan fingerprint density at radius 3 is 2.65 bits per heavy atom. The third-order valence-corrected chi connectivity index (χ3v) is 3.50. The molecular weight excluding hydrogens is 288 g/mol. The highest BCUT2D eigenvalue weighted by Crippen LogP contribution is 2.25. The SMILES string of the molecule is Cc1cc(F)c(-n2c(C)nnc2SCC(=O)O)cc1F. The van der Waals surface area contributed by atoms with Crippen LogP contribution in [0, 0.1) is 25.5 Å². The number of halogens is 2. The van der Waals surface area contributed by atoms with Crippen molar-refractivity contribution in [2.75, 3.05) is 5.75 Å². The van der Waals surface area contributed by atoms with E-state index in [1.807, 2.05) is 0 Å². The first kappa shape index (κ1) is 14.4. The summed E-state index contributed by atoms with van der Waals surface area (Å²) in [6.07, 6.45) is 0. The summed E-state index contributed by atoms with van der Waals surface area (Å²) in [6, 6.07) is 2.13. The van der Waals surface area contributed by atoms with Gasteiger partial charge in [0.2, 0.25) is 0 Å². The molecule has 0 aliphatic heterocycles. The van der Waals surface area contributed by atoms with Gasteiger partial charge in [-0.2, -0.15) is 0 Å². The molecular formula is C12H11F2N3O2S. The molecule has 1 aromatic heterocycles. The second-order valence-electron chi connectivity index (χ2n) is 4.10. The summed E-state index contributed by atoms with van der Waals surface area (Å²) >= 11 is 0.890. The van der Waals surface area contributed by atoms with E-state index in [1.165, 1.54) is 11.5 Å². The Hall–Kier alpha value is -1.96. The number of carbonyl (C=O) groups is 1. The summed E-state index contributed by atoms with van der Waals surface area (Å²) in [7, 11) is 0. The minimum absolute atomic E-state index is 0.0384. The first-order chi connectivity index (χ1) is 9.40. The van der Waals surface area contributed by atoms with Crippen molar-refractivity contribution in [3.63, 3.8) is 0 Å². The van der Waals surface area contributed by atoms with Crippen LogP contribution in [0.3, 0.4) is 0 Å². The van der Waals surface area contributed by atoms with Crippen LogP contribution >= 0.6 is 11.8 Å². The molecule has 0 aliphatic rings. The summed E-state index contributed by atoms with van der Waals surface area (Å²) in [6.45, 7) is 3.04. The molecule has 1 heterocycles. The van der Waals surface area contributed by atoms with E-state index in [0.29, 0.717) is 5.82 Å². The van der Waals surface area contributed by atoms with E-state index in [9.17, 15) is 13.6 Å². The number of carboxylic acids is 1. The number of aryl methyl sites for hydroxylation is 2. The zero-order valence-electron chi connectivity index (χ0n) is 10.7. The van der Waals surface area contributed by atoms with Crippen LogP contribution in [0.5, 0.6) is 0 Å². The van der Waals surface area contributed by atoms with Gasteiger partial charge in [-0.05, 0) is 25.5 Å². The summed E-state index contributed by atoms with van der Waals surface area (Å²) in [5.41, 5.74) is 0.153. The topological polar surface area (TPSA) is 68.0 Å². The van der Waals surface area contributed by atoms with Gasteiger partial charge in [0.05, 0.1) is 11.4 Å². The van der Waals surface area contributed by atoms with E-state index in [4.69, 9.17) is 5.11 Å². The van der Waals surface area contributed by atoms with Gasteiger partial charge in [-0.15, -0.1) is 10.2 Å². The lowest BCUT2D eigenvalue weighted by atomic mass is 10.2. The van der Waals surface area contributed by atoms with Crippen molar-refractivity contribution in [2.24, 2.45) is 0 Å². The van der Waals surface area contributed by atoms with E-state index in [2.05, 4.69) is 10.2 Å². The molecule has 106 valence electrons. The fourth-order valence-corrected chi connectivity index (χ4v) is 2.36. The first-order valence-electron chi connectivity index (χ1n) is 5.62. The van der Waals surface area contributed by atoms with Crippen molar-refractivity contribution in [1.29, 1.82) is 0 Å². The Morgan fingerprint density at radius 2 is 2.00 bits per heavy atom. The monoisotopic (exact) mass is 299 g/mol. The number of carboxylic acid groups (broad SMARTS) is 1. The van der Waals surface area contributed by atoms with Crippen LogP contribution in [0.25, 0.3) is 5.69 Å². The molecule has 0 atom stereocenters. The van der Waals surface area contributed by atoms with Gasteiger partial charge < -0.3 is 5.11 Å². The number of hydrogen-bond acceptors (Lipinski definition) is 4. The molecule has 0 unspecified atom stereocenters. The molecule has 2 rings (SSSR count). The van der Waals surface area contributed by atoms with Crippen molar-refractivity contribution in [3.8, 4) is 5.69 Å². The lowest BCUT2D eigenvalue weighted by Gasteiger charge is -2.10. The van der Waals surface area contributed by atoms with Crippen molar-refractivity contribution < 1.29 is 18.7 Å². The van der Waals surface area contributed by atoms with E-state index in [0.717, 1.165) is 23.9 Å². The number of nitrogens with zero attached hydrogens (tertiary/aromatic N) is 3. The number of benzene rings is 1. The number of hydrogen-bond donors (Lipinski definition) is 1. The molecule has 0 fully saturated rings. The maximum atomic E-state index is 14.0. The second-order valence-corrected chi connectivity index (χ2v) is 5.04. The zero-order valence-corrected chi connectivity index (χ0v) is 11.5. The number of rotatable bonds is 4. The number of thioether (sulfide) groups is 1. The highest BCUT2D eigenvalue weighted by atomic mass is 32.2. The quantitative estimate of drug-likeness (QED) is 0.878. The third-order valence-electron chi connectivity index (χ3n) is 2.59. The number of aliphatic carboxylic acids is 1. The van der Waals surface area contributed by atoms with Gasteiger partial charge in [-0.1, -0.05) is 11.8 Å². The fraction of sp³-hybridized carbons (Fsp3) is 0.250. The van der Waals surface area contributed by atoms with Gasteiger partial charge >= 0.3 is 5.97 Å². The largest absolute Gasteiger partial charge is 0.481 e. The maximum Gasteiger partial charge on any atom is 0.313 e. The van der Waals surface area contributed by atoms with E-state index >= 15 is 0 Å². The molecule has 0 aliphatic carbocycles. The average molecular weight is 299 g/mol. The minimum atomic E-state index is -1.03. The van der Waals surface area contributed by atoms with Gasteiger partial charge in [0.1, 0.15) is 17.5 Å².